The highest BCUT2D eigenvalue weighted by Gasteiger charge is 2.14. The van der Waals surface area contributed by atoms with Crippen LogP contribution in [0.25, 0.3) is 17.0 Å². The van der Waals surface area contributed by atoms with Crippen LogP contribution in [-0.4, -0.2) is 11.8 Å². The van der Waals surface area contributed by atoms with Crippen LogP contribution in [0, 0.1) is 13.8 Å². The molecule has 134 valence electrons. The lowest BCUT2D eigenvalue weighted by Gasteiger charge is -2.04. The Labute approximate surface area is 150 Å². The second-order valence-electron chi connectivity index (χ2n) is 5.89. The molecule has 0 aliphatic heterocycles. The molecule has 6 heteroatoms. The summed E-state index contributed by atoms with van der Waals surface area (Å²) in [4.78, 5) is 24.1. The number of furan rings is 2. The molecular formula is C20H20N2O4. The first-order valence-electron chi connectivity index (χ1n) is 8.35. The van der Waals surface area contributed by atoms with Gasteiger partial charge < -0.3 is 8.83 Å². The fraction of sp³-hybridized carbons (Fsp3) is 0.200. The lowest BCUT2D eigenvalue weighted by molar-refractivity contribution is -0.117. The Morgan fingerprint density at radius 3 is 2.58 bits per heavy atom. The van der Waals surface area contributed by atoms with Crippen LogP contribution in [0.2, 0.25) is 0 Å². The maximum atomic E-state index is 12.1. The van der Waals surface area contributed by atoms with Crippen LogP contribution < -0.4 is 10.9 Å². The Balaban J connectivity index is 1.68. The van der Waals surface area contributed by atoms with E-state index in [2.05, 4.69) is 10.9 Å². The number of para-hydroxylation sites is 1. The smallest absolute Gasteiger partial charge is 0.273 e. The van der Waals surface area contributed by atoms with Gasteiger partial charge in [-0.2, -0.15) is 0 Å². The van der Waals surface area contributed by atoms with Crippen LogP contribution >= 0.6 is 0 Å². The van der Waals surface area contributed by atoms with E-state index in [1.54, 1.807) is 26.0 Å². The summed E-state index contributed by atoms with van der Waals surface area (Å²) in [7, 11) is 0. The second-order valence-corrected chi connectivity index (χ2v) is 5.89. The van der Waals surface area contributed by atoms with Crippen molar-refractivity contribution in [2.24, 2.45) is 0 Å². The fourth-order valence-corrected chi connectivity index (χ4v) is 2.80. The summed E-state index contributed by atoms with van der Waals surface area (Å²) in [6.07, 6.45) is 3.77. The average Bonchev–Trinajstić information content (AvgIpc) is 3.16. The quantitative estimate of drug-likeness (QED) is 0.554. The molecule has 3 rings (SSSR count). The van der Waals surface area contributed by atoms with Gasteiger partial charge in [0.05, 0.1) is 5.56 Å². The number of hydrogen-bond acceptors (Lipinski definition) is 4. The number of hydrogen-bond donors (Lipinski definition) is 2. The minimum atomic E-state index is -0.441. The summed E-state index contributed by atoms with van der Waals surface area (Å²) in [6.45, 7) is 5.44. The third-order valence-electron chi connectivity index (χ3n) is 4.02. The van der Waals surface area contributed by atoms with E-state index in [0.717, 1.165) is 22.3 Å². The van der Waals surface area contributed by atoms with E-state index >= 15 is 0 Å². The summed E-state index contributed by atoms with van der Waals surface area (Å²) in [5.74, 6) is 1.08. The van der Waals surface area contributed by atoms with Gasteiger partial charge in [0.15, 0.2) is 0 Å². The van der Waals surface area contributed by atoms with Gasteiger partial charge >= 0.3 is 0 Å². The van der Waals surface area contributed by atoms with Crippen molar-refractivity contribution < 1.29 is 18.4 Å². The van der Waals surface area contributed by atoms with Crippen LogP contribution in [0.3, 0.4) is 0 Å². The predicted molar refractivity (Wildman–Crippen MR) is 98.4 cm³/mol. The van der Waals surface area contributed by atoms with Crippen molar-refractivity contribution in [2.75, 3.05) is 0 Å². The summed E-state index contributed by atoms with van der Waals surface area (Å²) in [6, 6.07) is 9.28. The van der Waals surface area contributed by atoms with Gasteiger partial charge in [-0.15, -0.1) is 0 Å². The van der Waals surface area contributed by atoms with Crippen molar-refractivity contribution in [1.29, 1.82) is 0 Å². The Morgan fingerprint density at radius 1 is 1.12 bits per heavy atom. The van der Waals surface area contributed by atoms with E-state index in [1.165, 1.54) is 6.08 Å². The van der Waals surface area contributed by atoms with E-state index in [0.29, 0.717) is 23.5 Å². The summed E-state index contributed by atoms with van der Waals surface area (Å²) in [5.41, 5.74) is 6.78. The molecule has 3 aromatic rings. The maximum Gasteiger partial charge on any atom is 0.273 e. The molecule has 0 aliphatic carbocycles. The van der Waals surface area contributed by atoms with E-state index in [-0.39, 0.29) is 0 Å². The van der Waals surface area contributed by atoms with Crippen molar-refractivity contribution in [3.05, 3.63) is 64.8 Å². The van der Waals surface area contributed by atoms with Gasteiger partial charge in [0, 0.05) is 23.4 Å². The van der Waals surface area contributed by atoms with Crippen LogP contribution in [0.4, 0.5) is 0 Å². The molecule has 1 aromatic carbocycles. The highest BCUT2D eigenvalue weighted by molar-refractivity contribution is 5.99. The molecule has 2 amide bonds. The highest BCUT2D eigenvalue weighted by Crippen LogP contribution is 2.27. The molecular weight excluding hydrogens is 332 g/mol. The molecule has 0 atom stereocenters. The summed E-state index contributed by atoms with van der Waals surface area (Å²) in [5, 5.41) is 0.946. The second kappa shape index (κ2) is 7.31. The molecule has 0 radical (unpaired) electrons. The van der Waals surface area contributed by atoms with Gasteiger partial charge in [0.25, 0.3) is 11.8 Å². The molecule has 0 bridgehead atoms. The van der Waals surface area contributed by atoms with E-state index in [4.69, 9.17) is 8.83 Å². The molecule has 0 saturated heterocycles. The predicted octanol–water partition coefficient (Wildman–Crippen LogP) is 3.68. The van der Waals surface area contributed by atoms with Gasteiger partial charge in [-0.05, 0) is 32.1 Å². The van der Waals surface area contributed by atoms with Crippen molar-refractivity contribution in [1.82, 2.24) is 10.9 Å². The number of fused-ring (bicyclic) bond motifs is 1. The Bertz CT molecular complexity index is 995. The number of nitrogens with one attached hydrogen (secondary N) is 2. The molecule has 0 spiro atoms. The van der Waals surface area contributed by atoms with Crippen LogP contribution in [0.15, 0.2) is 45.2 Å². The molecule has 0 fully saturated rings. The first kappa shape index (κ1) is 17.5. The number of rotatable bonds is 4. The molecule has 6 nitrogen and oxygen atoms in total. The number of carbonyl (C=O) groups excluding carboxylic acids is 2. The Hall–Kier alpha value is -3.28. The standard InChI is InChI=1S/C20H20N2O4/c1-4-17-15(14-7-5-6-8-18(14)26-17)9-10-19(23)21-22-20(24)16-11-12(2)25-13(16)3/h5-11H,4H2,1-3H3,(H,21,23)(H,22,24)/b10-9+. The van der Waals surface area contributed by atoms with Crippen molar-refractivity contribution >= 4 is 28.9 Å². The van der Waals surface area contributed by atoms with Crippen LogP contribution in [0.1, 0.15) is 40.1 Å². The zero-order valence-corrected chi connectivity index (χ0v) is 14.9. The maximum absolute atomic E-state index is 12.1. The summed E-state index contributed by atoms with van der Waals surface area (Å²) < 4.78 is 11.1. The SMILES string of the molecule is CCc1oc2ccccc2c1/C=C/C(=O)NNC(=O)c1cc(C)oc1C. The van der Waals surface area contributed by atoms with Gasteiger partial charge in [-0.25, -0.2) is 0 Å². The van der Waals surface area contributed by atoms with Gasteiger partial charge in [-0.3, -0.25) is 20.4 Å². The largest absolute Gasteiger partial charge is 0.466 e. The molecule has 0 aliphatic rings. The van der Waals surface area contributed by atoms with Crippen LogP contribution in [-0.2, 0) is 11.2 Å². The van der Waals surface area contributed by atoms with Crippen LogP contribution in [0.5, 0.6) is 0 Å². The van der Waals surface area contributed by atoms with Gasteiger partial charge in [0.1, 0.15) is 22.9 Å². The minimum Gasteiger partial charge on any atom is -0.466 e. The highest BCUT2D eigenvalue weighted by atomic mass is 16.3. The first-order chi connectivity index (χ1) is 12.5. The first-order valence-corrected chi connectivity index (χ1v) is 8.35. The zero-order valence-electron chi connectivity index (χ0n) is 14.9. The molecule has 2 aromatic heterocycles. The average molecular weight is 352 g/mol. The number of aryl methyl sites for hydroxylation is 3. The number of amides is 2. The zero-order chi connectivity index (χ0) is 18.7. The topological polar surface area (TPSA) is 84.5 Å². The van der Waals surface area contributed by atoms with Crippen molar-refractivity contribution in [3.8, 4) is 0 Å². The van der Waals surface area contributed by atoms with E-state index < -0.39 is 11.8 Å². The monoisotopic (exact) mass is 352 g/mol. The Morgan fingerprint density at radius 2 is 1.88 bits per heavy atom. The molecule has 0 unspecified atom stereocenters. The molecule has 0 saturated carbocycles. The Kier molecular flexibility index (Phi) is 4.93. The third kappa shape index (κ3) is 3.54. The summed E-state index contributed by atoms with van der Waals surface area (Å²) >= 11 is 0. The lowest BCUT2D eigenvalue weighted by atomic mass is 10.1. The normalized spacial score (nSPS) is 11.2. The van der Waals surface area contributed by atoms with E-state index in [9.17, 15) is 9.59 Å². The van der Waals surface area contributed by atoms with E-state index in [1.807, 2.05) is 31.2 Å². The fourth-order valence-electron chi connectivity index (χ4n) is 2.80. The van der Waals surface area contributed by atoms with Gasteiger partial charge in [-0.1, -0.05) is 25.1 Å². The molecule has 26 heavy (non-hydrogen) atoms. The lowest BCUT2D eigenvalue weighted by Crippen LogP contribution is -2.40. The number of benzene rings is 1. The third-order valence-corrected chi connectivity index (χ3v) is 4.02. The molecule has 2 N–H and O–H groups in total. The number of hydrazine groups is 1. The molecule has 2 heterocycles. The minimum absolute atomic E-state index is 0.390. The van der Waals surface area contributed by atoms with Crippen molar-refractivity contribution in [2.45, 2.75) is 27.2 Å². The number of carbonyl (C=O) groups is 2. The van der Waals surface area contributed by atoms with Crippen molar-refractivity contribution in [3.63, 3.8) is 0 Å². The van der Waals surface area contributed by atoms with Gasteiger partial charge in [0.2, 0.25) is 0 Å².